The topological polar surface area (TPSA) is 82.4 Å². The van der Waals surface area contributed by atoms with E-state index in [1.54, 1.807) is 12.1 Å². The molecule has 5 nitrogen and oxygen atoms in total. The van der Waals surface area contributed by atoms with Gasteiger partial charge in [-0.25, -0.2) is 16.8 Å². The van der Waals surface area contributed by atoms with Crippen molar-refractivity contribution < 1.29 is 16.8 Å². The fourth-order valence-electron chi connectivity index (χ4n) is 3.83. The van der Waals surface area contributed by atoms with E-state index in [4.69, 9.17) is 0 Å². The molecular weight excluding hydrogens is 571 g/mol. The standard InChI is InChI=1S/C21H21S.C12H10NO4S2/c1-16-4-10-19(11-5-16)22(20-12-6-17(2)7-13-20)21-14-8-18(3)9-15-21;14-18(15,11-7-3-1-4-8-11)13-19(16,17)12-9-5-2-6-10-12/h4-15H,1-3H3;1-10H/q+1;-1. The average molecular weight is 602 g/mol. The van der Waals surface area contributed by atoms with Crippen LogP contribution in [0, 0.1) is 20.8 Å². The Morgan fingerprint density at radius 1 is 0.415 bits per heavy atom. The van der Waals surface area contributed by atoms with Crippen molar-refractivity contribution in [2.24, 2.45) is 0 Å². The van der Waals surface area contributed by atoms with Gasteiger partial charge in [-0.15, -0.1) is 0 Å². The largest absolute Gasteiger partial charge is 0.428 e. The molecule has 0 saturated heterocycles. The van der Waals surface area contributed by atoms with Crippen LogP contribution < -0.4 is 0 Å². The van der Waals surface area contributed by atoms with Crippen LogP contribution in [0.4, 0.5) is 0 Å². The third-order valence-corrected chi connectivity index (χ3v) is 11.6. The van der Waals surface area contributed by atoms with Gasteiger partial charge in [-0.05, 0) is 81.4 Å². The van der Waals surface area contributed by atoms with Crippen LogP contribution in [0.2, 0.25) is 0 Å². The fraction of sp³-hybridized carbons (Fsp3) is 0.0909. The number of rotatable bonds is 7. The molecule has 5 rings (SSSR count). The van der Waals surface area contributed by atoms with Gasteiger partial charge in [0.2, 0.25) is 0 Å². The van der Waals surface area contributed by atoms with Crippen molar-refractivity contribution in [2.75, 3.05) is 0 Å². The zero-order valence-corrected chi connectivity index (χ0v) is 25.5. The minimum absolute atomic E-state index is 0.0394. The van der Waals surface area contributed by atoms with Gasteiger partial charge in [0, 0.05) is 9.79 Å². The molecular formula is C33H31NO4S3. The van der Waals surface area contributed by atoms with E-state index in [2.05, 4.69) is 97.7 Å². The molecule has 0 aliphatic rings. The van der Waals surface area contributed by atoms with E-state index in [1.807, 2.05) is 0 Å². The zero-order valence-electron chi connectivity index (χ0n) is 23.0. The second kappa shape index (κ2) is 13.3. The van der Waals surface area contributed by atoms with E-state index < -0.39 is 20.0 Å². The zero-order chi connectivity index (χ0) is 29.5. The van der Waals surface area contributed by atoms with Gasteiger partial charge in [-0.3, -0.25) is 0 Å². The highest BCUT2D eigenvalue weighted by Crippen LogP contribution is 2.31. The van der Waals surface area contributed by atoms with E-state index in [9.17, 15) is 16.8 Å². The number of hydrogen-bond donors (Lipinski definition) is 0. The van der Waals surface area contributed by atoms with Crippen LogP contribution in [0.3, 0.4) is 0 Å². The highest BCUT2D eigenvalue weighted by molar-refractivity contribution is 8.12. The molecule has 0 aliphatic heterocycles. The number of aryl methyl sites for hydroxylation is 3. The lowest BCUT2D eigenvalue weighted by Crippen LogP contribution is -2.07. The molecule has 0 amide bonds. The Hall–Kier alpha value is -3.69. The Balaban J connectivity index is 0.000000191. The molecule has 0 bridgehead atoms. The molecule has 0 fully saturated rings. The van der Waals surface area contributed by atoms with Crippen molar-refractivity contribution in [3.63, 3.8) is 0 Å². The Bertz CT molecular complexity index is 1600. The minimum atomic E-state index is -4.23. The number of benzene rings is 5. The second-order valence-corrected chi connectivity index (χ2v) is 14.9. The van der Waals surface area contributed by atoms with E-state index >= 15 is 0 Å². The predicted octanol–water partition coefficient (Wildman–Crippen LogP) is 7.85. The van der Waals surface area contributed by atoms with Gasteiger partial charge in [0.25, 0.3) is 0 Å². The summed E-state index contributed by atoms with van der Waals surface area (Å²) >= 11 is 0. The summed E-state index contributed by atoms with van der Waals surface area (Å²) in [4.78, 5) is 3.80. The van der Waals surface area contributed by atoms with Crippen LogP contribution in [0.15, 0.2) is 158 Å². The molecule has 0 spiro atoms. The predicted molar refractivity (Wildman–Crippen MR) is 166 cm³/mol. The first kappa shape index (κ1) is 30.3. The molecule has 5 aromatic rings. The summed E-state index contributed by atoms with van der Waals surface area (Å²) in [6.07, 6.45) is 0. The van der Waals surface area contributed by atoms with E-state index in [0.717, 1.165) is 0 Å². The third kappa shape index (κ3) is 8.17. The van der Waals surface area contributed by atoms with Gasteiger partial charge in [0.05, 0.1) is 10.9 Å². The molecule has 41 heavy (non-hydrogen) atoms. The van der Waals surface area contributed by atoms with Crippen molar-refractivity contribution in [1.29, 1.82) is 0 Å². The Labute approximate surface area is 246 Å². The Kier molecular flexibility index (Phi) is 9.83. The first-order chi connectivity index (χ1) is 19.5. The highest BCUT2D eigenvalue weighted by Gasteiger charge is 2.28. The summed E-state index contributed by atoms with van der Waals surface area (Å²) in [5.74, 6) is 0. The molecule has 5 aromatic carbocycles. The molecule has 0 saturated carbocycles. The van der Waals surface area contributed by atoms with E-state index in [-0.39, 0.29) is 20.7 Å². The highest BCUT2D eigenvalue weighted by atomic mass is 32.3. The van der Waals surface area contributed by atoms with Crippen molar-refractivity contribution in [1.82, 2.24) is 0 Å². The quantitative estimate of drug-likeness (QED) is 0.178. The summed E-state index contributed by atoms with van der Waals surface area (Å²) < 4.78 is 50.5. The average Bonchev–Trinajstić information content (AvgIpc) is 2.97. The van der Waals surface area contributed by atoms with Crippen molar-refractivity contribution in [2.45, 2.75) is 45.2 Å². The molecule has 0 radical (unpaired) electrons. The Morgan fingerprint density at radius 3 is 0.951 bits per heavy atom. The van der Waals surface area contributed by atoms with Gasteiger partial charge in [0.1, 0.15) is 20.0 Å². The molecule has 210 valence electrons. The maximum absolute atomic E-state index is 11.9. The number of hydrogen-bond acceptors (Lipinski definition) is 4. The molecule has 0 N–H and O–H groups in total. The van der Waals surface area contributed by atoms with Crippen LogP contribution >= 0.6 is 0 Å². The van der Waals surface area contributed by atoms with Crippen LogP contribution in [0.25, 0.3) is 4.13 Å². The van der Waals surface area contributed by atoms with Crippen molar-refractivity contribution >= 4 is 30.9 Å². The van der Waals surface area contributed by atoms with Gasteiger partial charge < -0.3 is 4.13 Å². The van der Waals surface area contributed by atoms with Gasteiger partial charge in [-0.1, -0.05) is 89.5 Å². The van der Waals surface area contributed by atoms with Crippen LogP contribution in [-0.4, -0.2) is 16.8 Å². The lowest BCUT2D eigenvalue weighted by molar-refractivity contribution is 0.595. The summed E-state index contributed by atoms with van der Waals surface area (Å²) in [5, 5.41) is 0. The maximum Gasteiger partial charge on any atom is 0.166 e. The molecule has 0 unspecified atom stereocenters. The second-order valence-electron chi connectivity index (χ2n) is 9.40. The van der Waals surface area contributed by atoms with E-state index in [0.29, 0.717) is 0 Å². The molecule has 0 aliphatic carbocycles. The smallest absolute Gasteiger partial charge is 0.166 e. The normalized spacial score (nSPS) is 11.5. The first-order valence-electron chi connectivity index (χ1n) is 12.8. The summed E-state index contributed by atoms with van der Waals surface area (Å²) in [5.41, 5.74) is 3.92. The lowest BCUT2D eigenvalue weighted by Gasteiger charge is -2.20. The third-order valence-electron chi connectivity index (χ3n) is 6.05. The molecule has 0 atom stereocenters. The first-order valence-corrected chi connectivity index (χ1v) is 16.9. The van der Waals surface area contributed by atoms with Crippen molar-refractivity contribution in [3.05, 3.63) is 154 Å². The van der Waals surface area contributed by atoms with Crippen molar-refractivity contribution in [3.8, 4) is 0 Å². The molecule has 0 heterocycles. The van der Waals surface area contributed by atoms with Gasteiger partial charge in [0.15, 0.2) is 14.7 Å². The number of nitrogens with zero attached hydrogens (tertiary/aromatic N) is 1. The van der Waals surface area contributed by atoms with Gasteiger partial charge >= 0.3 is 0 Å². The van der Waals surface area contributed by atoms with E-state index in [1.165, 1.54) is 79.9 Å². The summed E-state index contributed by atoms with van der Waals surface area (Å²) in [6.45, 7) is 6.42. The summed E-state index contributed by atoms with van der Waals surface area (Å²) in [7, 11) is -8.50. The van der Waals surface area contributed by atoms with Crippen LogP contribution in [-0.2, 0) is 30.9 Å². The monoisotopic (exact) mass is 601 g/mol. The summed E-state index contributed by atoms with van der Waals surface area (Å²) in [6, 6.07) is 41.2. The fourth-order valence-corrected chi connectivity index (χ4v) is 8.60. The maximum atomic E-state index is 11.9. The minimum Gasteiger partial charge on any atom is -0.428 e. The molecule has 8 heteroatoms. The lowest BCUT2D eigenvalue weighted by atomic mass is 10.2. The van der Waals surface area contributed by atoms with Crippen LogP contribution in [0.5, 0.6) is 0 Å². The van der Waals surface area contributed by atoms with Crippen LogP contribution in [0.1, 0.15) is 16.7 Å². The Morgan fingerprint density at radius 2 is 0.683 bits per heavy atom. The molecule has 0 aromatic heterocycles. The number of sulfonamides is 2. The van der Waals surface area contributed by atoms with Gasteiger partial charge in [-0.2, -0.15) is 0 Å². The SMILES string of the molecule is Cc1ccc([S+](c2ccc(C)cc2)c2ccc(C)cc2)cc1.O=S(=O)([N-]S(=O)(=O)c1ccccc1)c1ccccc1.